The Bertz CT molecular complexity index is 642. The summed E-state index contributed by atoms with van der Waals surface area (Å²) in [6, 6.07) is 3.24. The van der Waals surface area contributed by atoms with Gasteiger partial charge in [0, 0.05) is 24.2 Å². The second kappa shape index (κ2) is 5.96. The molecule has 1 N–H and O–H groups in total. The van der Waals surface area contributed by atoms with Crippen molar-refractivity contribution in [1.29, 1.82) is 0 Å². The Morgan fingerprint density at radius 2 is 2.00 bits per heavy atom. The summed E-state index contributed by atoms with van der Waals surface area (Å²) in [7, 11) is 0. The van der Waals surface area contributed by atoms with Crippen molar-refractivity contribution in [3.63, 3.8) is 0 Å². The topological polar surface area (TPSA) is 110 Å². The molecule has 0 spiro atoms. The molecule has 0 aromatic heterocycles. The molecular weight excluding hydrogens is 304 g/mol. The van der Waals surface area contributed by atoms with E-state index in [4.69, 9.17) is 9.84 Å². The van der Waals surface area contributed by atoms with E-state index in [2.05, 4.69) is 0 Å². The van der Waals surface area contributed by atoms with Crippen LogP contribution in [0.2, 0.25) is 0 Å². The minimum Gasteiger partial charge on any atom is -0.478 e. The van der Waals surface area contributed by atoms with Crippen LogP contribution in [0, 0.1) is 10.1 Å². The van der Waals surface area contributed by atoms with Gasteiger partial charge in [-0.25, -0.2) is 4.79 Å². The number of morpholine rings is 1. The normalized spacial score (nSPS) is 23.4. The average molecular weight is 320 g/mol. The van der Waals surface area contributed by atoms with Crippen LogP contribution in [0.4, 0.5) is 5.69 Å². The highest BCUT2D eigenvalue weighted by Gasteiger charge is 2.39. The minimum atomic E-state index is -1.30. The van der Waals surface area contributed by atoms with Crippen LogP contribution in [-0.4, -0.2) is 52.1 Å². The minimum absolute atomic E-state index is 0.00495. The Morgan fingerprint density at radius 3 is 2.70 bits per heavy atom. The first-order valence-electron chi connectivity index (χ1n) is 7.42. The molecule has 1 aliphatic carbocycles. The molecule has 3 rings (SSSR count). The summed E-state index contributed by atoms with van der Waals surface area (Å²) in [6.45, 7) is 0.832. The molecule has 2 unspecified atom stereocenters. The lowest BCUT2D eigenvalue weighted by Crippen LogP contribution is -2.51. The van der Waals surface area contributed by atoms with Gasteiger partial charge < -0.3 is 14.7 Å². The zero-order valence-electron chi connectivity index (χ0n) is 12.3. The van der Waals surface area contributed by atoms with Crippen molar-refractivity contribution >= 4 is 17.6 Å². The van der Waals surface area contributed by atoms with E-state index in [0.717, 1.165) is 31.4 Å². The monoisotopic (exact) mass is 320 g/mol. The summed E-state index contributed by atoms with van der Waals surface area (Å²) < 4.78 is 5.65. The number of nitro groups is 1. The van der Waals surface area contributed by atoms with E-state index in [0.29, 0.717) is 13.2 Å². The van der Waals surface area contributed by atoms with E-state index in [1.807, 2.05) is 0 Å². The number of ether oxygens (including phenoxy) is 1. The average Bonchev–Trinajstić information content (AvgIpc) is 3.02. The van der Waals surface area contributed by atoms with Crippen molar-refractivity contribution in [2.24, 2.45) is 0 Å². The Morgan fingerprint density at radius 1 is 1.26 bits per heavy atom. The van der Waals surface area contributed by atoms with Gasteiger partial charge in [0.2, 0.25) is 0 Å². The maximum Gasteiger partial charge on any atom is 0.335 e. The Labute approximate surface area is 131 Å². The van der Waals surface area contributed by atoms with Crippen molar-refractivity contribution in [2.75, 3.05) is 13.2 Å². The van der Waals surface area contributed by atoms with E-state index < -0.39 is 16.6 Å². The molecular formula is C15H16N2O6. The zero-order valence-corrected chi connectivity index (χ0v) is 12.3. The highest BCUT2D eigenvalue weighted by molar-refractivity contribution is 5.98. The fourth-order valence-electron chi connectivity index (χ4n) is 3.31. The van der Waals surface area contributed by atoms with Gasteiger partial charge in [-0.1, -0.05) is 0 Å². The Kier molecular flexibility index (Phi) is 3.99. The third kappa shape index (κ3) is 2.89. The predicted molar refractivity (Wildman–Crippen MR) is 78.5 cm³/mol. The van der Waals surface area contributed by atoms with Crippen LogP contribution in [0.25, 0.3) is 0 Å². The van der Waals surface area contributed by atoms with Crippen LogP contribution in [0.15, 0.2) is 18.2 Å². The molecule has 1 aromatic carbocycles. The van der Waals surface area contributed by atoms with Gasteiger partial charge in [-0.05, 0) is 25.3 Å². The number of aromatic carboxylic acids is 1. The van der Waals surface area contributed by atoms with Crippen molar-refractivity contribution in [2.45, 2.75) is 31.4 Å². The number of nitrogens with zero attached hydrogens (tertiary/aromatic N) is 2. The second-order valence-electron chi connectivity index (χ2n) is 5.74. The predicted octanol–water partition coefficient (Wildman–Crippen LogP) is 1.69. The van der Waals surface area contributed by atoms with Gasteiger partial charge in [-0.3, -0.25) is 14.9 Å². The van der Waals surface area contributed by atoms with Crippen LogP contribution in [0.5, 0.6) is 0 Å². The number of carbonyl (C=O) groups is 2. The molecule has 1 amide bonds. The third-order valence-corrected chi connectivity index (χ3v) is 4.37. The van der Waals surface area contributed by atoms with Gasteiger partial charge in [-0.2, -0.15) is 0 Å². The van der Waals surface area contributed by atoms with Gasteiger partial charge in [0.25, 0.3) is 11.6 Å². The van der Waals surface area contributed by atoms with E-state index >= 15 is 0 Å². The lowest BCUT2D eigenvalue weighted by Gasteiger charge is -2.37. The third-order valence-electron chi connectivity index (χ3n) is 4.37. The van der Waals surface area contributed by atoms with E-state index in [9.17, 15) is 19.7 Å². The van der Waals surface area contributed by atoms with Crippen molar-refractivity contribution in [3.8, 4) is 0 Å². The Balaban J connectivity index is 1.95. The smallest absolute Gasteiger partial charge is 0.335 e. The van der Waals surface area contributed by atoms with E-state index in [1.165, 1.54) is 6.07 Å². The number of fused-ring (bicyclic) bond motifs is 1. The lowest BCUT2D eigenvalue weighted by atomic mass is 10.1. The number of non-ortho nitro benzene ring substituents is 1. The van der Waals surface area contributed by atoms with Gasteiger partial charge in [0.15, 0.2) is 0 Å². The molecule has 2 aliphatic rings. The maximum absolute atomic E-state index is 12.7. The number of hydrogen-bond acceptors (Lipinski definition) is 5. The van der Waals surface area contributed by atoms with Crippen LogP contribution in [-0.2, 0) is 4.74 Å². The van der Waals surface area contributed by atoms with Crippen molar-refractivity contribution in [1.82, 2.24) is 4.90 Å². The molecule has 1 saturated heterocycles. The van der Waals surface area contributed by atoms with Crippen molar-refractivity contribution < 1.29 is 24.4 Å². The van der Waals surface area contributed by atoms with Gasteiger partial charge in [-0.15, -0.1) is 0 Å². The summed E-state index contributed by atoms with van der Waals surface area (Å²) in [6.07, 6.45) is 2.69. The SMILES string of the molecule is O=C(O)c1cc(C(=O)N2CCOC3CCCC32)cc([N+](=O)[O-])c1. The number of benzene rings is 1. The standard InChI is InChI=1S/C15H16N2O6/c18-14(16-4-5-23-13-3-1-2-12(13)16)9-6-10(15(19)20)8-11(7-9)17(21)22/h6-8,12-13H,1-5H2,(H,19,20). The molecule has 2 atom stereocenters. The fourth-order valence-corrected chi connectivity index (χ4v) is 3.31. The molecule has 122 valence electrons. The lowest BCUT2D eigenvalue weighted by molar-refractivity contribution is -0.384. The molecule has 1 aromatic rings. The maximum atomic E-state index is 12.7. The number of carboxylic acids is 1. The van der Waals surface area contributed by atoms with E-state index in [1.54, 1.807) is 4.90 Å². The first-order valence-corrected chi connectivity index (χ1v) is 7.42. The number of hydrogen-bond donors (Lipinski definition) is 1. The fraction of sp³-hybridized carbons (Fsp3) is 0.467. The summed E-state index contributed by atoms with van der Waals surface area (Å²) in [5, 5.41) is 20.1. The van der Waals surface area contributed by atoms with Crippen molar-refractivity contribution in [3.05, 3.63) is 39.4 Å². The number of nitro benzene ring substituents is 1. The summed E-state index contributed by atoms with van der Waals surface area (Å²) in [5.74, 6) is -1.68. The molecule has 1 saturated carbocycles. The molecule has 0 radical (unpaired) electrons. The summed E-state index contributed by atoms with van der Waals surface area (Å²) in [4.78, 5) is 35.8. The summed E-state index contributed by atoms with van der Waals surface area (Å²) >= 11 is 0. The molecule has 23 heavy (non-hydrogen) atoms. The molecule has 2 fully saturated rings. The number of carboxylic acid groups (broad SMARTS) is 1. The van der Waals surface area contributed by atoms with Crippen LogP contribution >= 0.6 is 0 Å². The summed E-state index contributed by atoms with van der Waals surface area (Å²) in [5.41, 5.74) is -0.632. The van der Waals surface area contributed by atoms with Crippen LogP contribution in [0.3, 0.4) is 0 Å². The van der Waals surface area contributed by atoms with Gasteiger partial charge in [0.05, 0.1) is 29.2 Å². The molecule has 1 aliphatic heterocycles. The largest absolute Gasteiger partial charge is 0.478 e. The number of carbonyl (C=O) groups excluding carboxylic acids is 1. The second-order valence-corrected chi connectivity index (χ2v) is 5.74. The highest BCUT2D eigenvalue weighted by Crippen LogP contribution is 2.31. The number of rotatable bonds is 3. The molecule has 8 nitrogen and oxygen atoms in total. The molecule has 1 heterocycles. The zero-order chi connectivity index (χ0) is 16.6. The van der Waals surface area contributed by atoms with Gasteiger partial charge in [0.1, 0.15) is 0 Å². The van der Waals surface area contributed by atoms with Crippen LogP contribution < -0.4 is 0 Å². The quantitative estimate of drug-likeness (QED) is 0.670. The Hall–Kier alpha value is -2.48. The van der Waals surface area contributed by atoms with Gasteiger partial charge >= 0.3 is 5.97 Å². The number of amides is 1. The highest BCUT2D eigenvalue weighted by atomic mass is 16.6. The molecule has 0 bridgehead atoms. The first kappa shape index (κ1) is 15.4. The van der Waals surface area contributed by atoms with Crippen LogP contribution in [0.1, 0.15) is 40.0 Å². The first-order chi connectivity index (χ1) is 11.0. The molecule has 8 heteroatoms. The van der Waals surface area contributed by atoms with E-state index in [-0.39, 0.29) is 29.2 Å².